The van der Waals surface area contributed by atoms with Crippen LogP contribution >= 0.6 is 12.2 Å². The summed E-state index contributed by atoms with van der Waals surface area (Å²) < 4.78 is 0. The van der Waals surface area contributed by atoms with E-state index in [0.29, 0.717) is 29.0 Å². The highest BCUT2D eigenvalue weighted by atomic mass is 32.1. The van der Waals surface area contributed by atoms with Crippen LogP contribution in [0.15, 0.2) is 24.3 Å². The topological polar surface area (TPSA) is 70.2 Å². The molecule has 0 unspecified atom stereocenters. The first-order valence-electron chi connectivity index (χ1n) is 10.7. The van der Waals surface area contributed by atoms with Gasteiger partial charge in [0, 0.05) is 5.54 Å². The number of anilines is 1. The minimum absolute atomic E-state index is 0.0609. The number of rotatable bonds is 3. The number of thiocarbonyl (C=S) groups is 1. The number of carbonyl (C=O) groups excluding carboxylic acids is 2. The van der Waals surface area contributed by atoms with Gasteiger partial charge in [-0.1, -0.05) is 12.1 Å². The Morgan fingerprint density at radius 2 is 1.55 bits per heavy atom. The lowest BCUT2D eigenvalue weighted by Crippen LogP contribution is -2.55. The van der Waals surface area contributed by atoms with E-state index in [2.05, 4.69) is 16.0 Å². The van der Waals surface area contributed by atoms with Gasteiger partial charge in [-0.3, -0.25) is 9.59 Å². The second-order valence-electron chi connectivity index (χ2n) is 10.4. The highest BCUT2D eigenvalue weighted by Crippen LogP contribution is 2.60. The summed E-state index contributed by atoms with van der Waals surface area (Å²) in [6, 6.07) is 7.23. The van der Waals surface area contributed by atoms with E-state index < -0.39 is 0 Å². The third-order valence-corrected chi connectivity index (χ3v) is 6.86. The monoisotopic (exact) mass is 413 g/mol. The number of hydrogen-bond donors (Lipinski definition) is 3. The van der Waals surface area contributed by atoms with Crippen molar-refractivity contribution in [3.05, 3.63) is 29.8 Å². The number of nitrogens with one attached hydrogen (secondary N) is 3. The van der Waals surface area contributed by atoms with Crippen LogP contribution in [0.25, 0.3) is 0 Å². The first kappa shape index (κ1) is 20.3. The molecule has 4 fully saturated rings. The minimum Gasteiger partial charge on any atom is -0.347 e. The molecular weight excluding hydrogens is 382 g/mol. The zero-order valence-electron chi connectivity index (χ0n) is 17.5. The van der Waals surface area contributed by atoms with Gasteiger partial charge in [-0.25, -0.2) is 0 Å². The van der Waals surface area contributed by atoms with Crippen LogP contribution in [0, 0.1) is 23.2 Å². The molecule has 156 valence electrons. The summed E-state index contributed by atoms with van der Waals surface area (Å²) >= 11 is 5.45. The first-order valence-corrected chi connectivity index (χ1v) is 11.1. The van der Waals surface area contributed by atoms with Gasteiger partial charge in [0.2, 0.25) is 5.91 Å². The summed E-state index contributed by atoms with van der Waals surface area (Å²) in [4.78, 5) is 25.8. The Bertz CT molecular complexity index is 807. The summed E-state index contributed by atoms with van der Waals surface area (Å²) in [5.41, 5.74) is 0.528. The summed E-state index contributed by atoms with van der Waals surface area (Å²) in [5.74, 6) is 2.00. The van der Waals surface area contributed by atoms with E-state index >= 15 is 0 Å². The fourth-order valence-electron chi connectivity index (χ4n) is 5.98. The maximum atomic E-state index is 13.2. The highest BCUT2D eigenvalue weighted by molar-refractivity contribution is 7.80. The Kier molecular flexibility index (Phi) is 5.18. The predicted molar refractivity (Wildman–Crippen MR) is 119 cm³/mol. The number of hydrogen-bond acceptors (Lipinski definition) is 3. The van der Waals surface area contributed by atoms with Crippen molar-refractivity contribution in [3.63, 3.8) is 0 Å². The molecule has 0 spiro atoms. The average molecular weight is 414 g/mol. The number of carbonyl (C=O) groups is 2. The van der Waals surface area contributed by atoms with E-state index in [-0.39, 0.29) is 27.9 Å². The zero-order chi connectivity index (χ0) is 20.8. The fourth-order valence-corrected chi connectivity index (χ4v) is 6.18. The van der Waals surface area contributed by atoms with E-state index in [0.717, 1.165) is 19.3 Å². The van der Waals surface area contributed by atoms with Crippen LogP contribution in [-0.4, -0.2) is 22.5 Å². The first-order chi connectivity index (χ1) is 13.6. The second kappa shape index (κ2) is 7.38. The van der Waals surface area contributed by atoms with Crippen molar-refractivity contribution in [2.45, 2.75) is 64.8 Å². The van der Waals surface area contributed by atoms with Gasteiger partial charge in [0.1, 0.15) is 0 Å². The van der Waals surface area contributed by atoms with Gasteiger partial charge in [-0.05, 0) is 101 Å². The normalized spacial score (nSPS) is 30.0. The van der Waals surface area contributed by atoms with Crippen molar-refractivity contribution >= 4 is 34.8 Å². The van der Waals surface area contributed by atoms with Crippen molar-refractivity contribution in [2.75, 3.05) is 5.32 Å². The van der Waals surface area contributed by atoms with Crippen LogP contribution in [0.4, 0.5) is 5.69 Å². The minimum atomic E-state index is -0.336. The highest BCUT2D eigenvalue weighted by Gasteiger charge is 2.54. The van der Waals surface area contributed by atoms with E-state index in [4.69, 9.17) is 12.2 Å². The van der Waals surface area contributed by atoms with Gasteiger partial charge in [0.25, 0.3) is 5.91 Å². The largest absolute Gasteiger partial charge is 0.347 e. The molecule has 1 aromatic rings. The maximum absolute atomic E-state index is 13.2. The molecule has 0 aromatic heterocycles. The van der Waals surface area contributed by atoms with Gasteiger partial charge >= 0.3 is 0 Å². The average Bonchev–Trinajstić information content (AvgIpc) is 2.59. The standard InChI is InChI=1S/C23H31N3O2S/c1-22(2,3)26-19(27)17-6-4-5-7-18(17)24-21(29)25-20(28)23-11-14-8-15(12-23)10-16(9-14)13-23/h4-7,14-16H,8-13H2,1-3H3,(H,26,27)(H2,24,25,28,29). The Hall–Kier alpha value is -1.95. The quantitative estimate of drug-likeness (QED) is 0.648. The van der Waals surface area contributed by atoms with Crippen LogP contribution in [0.5, 0.6) is 0 Å². The molecule has 0 radical (unpaired) electrons. The molecule has 5 rings (SSSR count). The molecule has 0 atom stereocenters. The van der Waals surface area contributed by atoms with Crippen molar-refractivity contribution in [3.8, 4) is 0 Å². The van der Waals surface area contributed by atoms with Crippen molar-refractivity contribution in [1.29, 1.82) is 0 Å². The van der Waals surface area contributed by atoms with Crippen molar-refractivity contribution in [1.82, 2.24) is 10.6 Å². The van der Waals surface area contributed by atoms with Crippen LogP contribution in [0.1, 0.15) is 69.7 Å². The lowest BCUT2D eigenvalue weighted by Gasteiger charge is -2.55. The molecule has 0 saturated heterocycles. The summed E-state index contributed by atoms with van der Waals surface area (Å²) in [5, 5.41) is 9.26. The van der Waals surface area contributed by atoms with E-state index in [1.807, 2.05) is 32.9 Å². The molecule has 0 aliphatic heterocycles. The molecule has 2 amide bonds. The van der Waals surface area contributed by atoms with Crippen LogP contribution in [0.2, 0.25) is 0 Å². The lowest BCUT2D eigenvalue weighted by atomic mass is 9.49. The van der Waals surface area contributed by atoms with E-state index in [1.54, 1.807) is 12.1 Å². The summed E-state index contributed by atoms with van der Waals surface area (Å²) in [6.07, 6.45) is 6.89. The molecule has 3 N–H and O–H groups in total. The third kappa shape index (κ3) is 4.32. The van der Waals surface area contributed by atoms with Crippen LogP contribution in [-0.2, 0) is 4.79 Å². The lowest BCUT2D eigenvalue weighted by molar-refractivity contribution is -0.144. The molecule has 1 aromatic carbocycles. The fraction of sp³-hybridized carbons (Fsp3) is 0.609. The van der Waals surface area contributed by atoms with Crippen molar-refractivity contribution < 1.29 is 9.59 Å². The summed E-state index contributed by atoms with van der Waals surface area (Å²) in [6.45, 7) is 5.83. The maximum Gasteiger partial charge on any atom is 0.253 e. The van der Waals surface area contributed by atoms with Crippen molar-refractivity contribution in [2.24, 2.45) is 23.2 Å². The third-order valence-electron chi connectivity index (χ3n) is 6.66. The zero-order valence-corrected chi connectivity index (χ0v) is 18.3. The molecule has 0 heterocycles. The molecule has 4 saturated carbocycles. The molecule has 5 nitrogen and oxygen atoms in total. The Morgan fingerprint density at radius 3 is 2.10 bits per heavy atom. The van der Waals surface area contributed by atoms with Gasteiger partial charge in [-0.15, -0.1) is 0 Å². The second-order valence-corrected chi connectivity index (χ2v) is 10.8. The molecular formula is C23H31N3O2S. The predicted octanol–water partition coefficient (Wildman–Crippen LogP) is 4.24. The Labute approximate surface area is 178 Å². The SMILES string of the molecule is CC(C)(C)NC(=O)c1ccccc1NC(=S)NC(=O)C12CC3CC(CC(C3)C1)C2. The van der Waals surface area contributed by atoms with Gasteiger partial charge < -0.3 is 16.0 Å². The number of benzene rings is 1. The van der Waals surface area contributed by atoms with Gasteiger partial charge in [0.05, 0.1) is 16.7 Å². The molecule has 29 heavy (non-hydrogen) atoms. The number of para-hydroxylation sites is 1. The molecule has 4 bridgehead atoms. The Balaban J connectivity index is 1.43. The van der Waals surface area contributed by atoms with Crippen LogP contribution < -0.4 is 16.0 Å². The van der Waals surface area contributed by atoms with Crippen LogP contribution in [0.3, 0.4) is 0 Å². The van der Waals surface area contributed by atoms with E-state index in [9.17, 15) is 9.59 Å². The smallest absolute Gasteiger partial charge is 0.253 e. The van der Waals surface area contributed by atoms with Gasteiger partial charge in [0.15, 0.2) is 5.11 Å². The molecule has 4 aliphatic rings. The number of amides is 2. The van der Waals surface area contributed by atoms with E-state index in [1.165, 1.54) is 19.3 Å². The van der Waals surface area contributed by atoms with Gasteiger partial charge in [-0.2, -0.15) is 0 Å². The summed E-state index contributed by atoms with van der Waals surface area (Å²) in [7, 11) is 0. The molecule has 6 heteroatoms. The molecule has 4 aliphatic carbocycles. The Morgan fingerprint density at radius 1 is 1.00 bits per heavy atom.